The summed E-state index contributed by atoms with van der Waals surface area (Å²) in [5.41, 5.74) is 8.99. The minimum atomic E-state index is 0.0661. The predicted octanol–water partition coefficient (Wildman–Crippen LogP) is 3.40. The third-order valence-corrected chi connectivity index (χ3v) is 3.49. The number of aryl methyl sites for hydroxylation is 1. The maximum absolute atomic E-state index is 5.97. The van der Waals surface area contributed by atoms with E-state index in [9.17, 15) is 0 Å². The van der Waals surface area contributed by atoms with Gasteiger partial charge in [-0.3, -0.25) is 4.68 Å². The number of anilines is 1. The first-order chi connectivity index (χ1) is 9.90. The fourth-order valence-corrected chi connectivity index (χ4v) is 2.26. The third kappa shape index (κ3) is 4.00. The average molecular weight is 287 g/mol. The number of nitrogens with two attached hydrogens (primary N) is 1. The van der Waals surface area contributed by atoms with Gasteiger partial charge in [0.25, 0.3) is 0 Å². The summed E-state index contributed by atoms with van der Waals surface area (Å²) in [4.78, 5) is 0. The van der Waals surface area contributed by atoms with E-state index in [-0.39, 0.29) is 5.41 Å². The molecule has 0 atom stereocenters. The van der Waals surface area contributed by atoms with E-state index < -0.39 is 0 Å². The summed E-state index contributed by atoms with van der Waals surface area (Å²) in [6.45, 7) is 10.1. The topological polar surface area (TPSA) is 53.1 Å². The molecule has 21 heavy (non-hydrogen) atoms. The van der Waals surface area contributed by atoms with E-state index in [1.54, 1.807) is 10.9 Å². The van der Waals surface area contributed by atoms with Crippen molar-refractivity contribution in [3.63, 3.8) is 0 Å². The Kier molecular flexibility index (Phi) is 4.56. The van der Waals surface area contributed by atoms with Crippen LogP contribution in [-0.4, -0.2) is 16.4 Å². The molecule has 0 radical (unpaired) electrons. The summed E-state index contributed by atoms with van der Waals surface area (Å²) >= 11 is 0. The van der Waals surface area contributed by atoms with E-state index in [0.717, 1.165) is 12.2 Å². The highest BCUT2D eigenvalue weighted by atomic mass is 16.5. The Morgan fingerprint density at radius 1 is 1.29 bits per heavy atom. The monoisotopic (exact) mass is 287 g/mol. The maximum Gasteiger partial charge on any atom is 0.123 e. The number of ether oxygens (including phenoxy) is 1. The molecule has 4 nitrogen and oxygen atoms in total. The second kappa shape index (κ2) is 6.20. The van der Waals surface area contributed by atoms with Crippen LogP contribution in [0.3, 0.4) is 0 Å². The molecule has 1 heterocycles. The molecule has 2 aromatic rings. The average Bonchev–Trinajstić information content (AvgIpc) is 2.83. The lowest BCUT2D eigenvalue weighted by Crippen LogP contribution is -2.16. The summed E-state index contributed by atoms with van der Waals surface area (Å²) in [7, 11) is 0. The molecule has 1 aromatic carbocycles. The Hall–Kier alpha value is -1.97. The van der Waals surface area contributed by atoms with Crippen molar-refractivity contribution in [1.29, 1.82) is 0 Å². The van der Waals surface area contributed by atoms with E-state index in [0.29, 0.717) is 18.8 Å². The van der Waals surface area contributed by atoms with Gasteiger partial charge in [-0.1, -0.05) is 39.8 Å². The van der Waals surface area contributed by atoms with Crippen LogP contribution < -0.4 is 10.5 Å². The molecule has 0 saturated carbocycles. The molecule has 0 saturated heterocycles. The number of hydrogen-bond acceptors (Lipinski definition) is 3. The van der Waals surface area contributed by atoms with Gasteiger partial charge in [0.05, 0.1) is 18.4 Å². The number of nitrogens with zero attached hydrogens (tertiary/aromatic N) is 2. The van der Waals surface area contributed by atoms with Crippen LogP contribution in [-0.2, 0) is 18.4 Å². The fourth-order valence-electron chi connectivity index (χ4n) is 2.26. The zero-order valence-electron chi connectivity index (χ0n) is 13.4. The van der Waals surface area contributed by atoms with Crippen molar-refractivity contribution < 1.29 is 4.74 Å². The van der Waals surface area contributed by atoms with Crippen LogP contribution in [0.1, 0.15) is 38.8 Å². The molecule has 0 unspecified atom stereocenters. The van der Waals surface area contributed by atoms with E-state index in [1.807, 2.05) is 6.20 Å². The summed E-state index contributed by atoms with van der Waals surface area (Å²) in [6.07, 6.45) is 4.50. The van der Waals surface area contributed by atoms with E-state index in [4.69, 9.17) is 10.5 Å². The van der Waals surface area contributed by atoms with Crippen LogP contribution in [0.4, 0.5) is 5.69 Å². The van der Waals surface area contributed by atoms with Crippen LogP contribution in [0.2, 0.25) is 0 Å². The van der Waals surface area contributed by atoms with Gasteiger partial charge in [0.1, 0.15) is 12.4 Å². The zero-order chi connectivity index (χ0) is 15.5. The van der Waals surface area contributed by atoms with Gasteiger partial charge < -0.3 is 10.5 Å². The van der Waals surface area contributed by atoms with Crippen molar-refractivity contribution in [3.05, 3.63) is 41.7 Å². The molecule has 0 fully saturated rings. The second-order valence-electron chi connectivity index (χ2n) is 6.32. The Morgan fingerprint density at radius 2 is 2.05 bits per heavy atom. The van der Waals surface area contributed by atoms with Crippen molar-refractivity contribution >= 4 is 5.69 Å². The molecule has 0 aliphatic carbocycles. The van der Waals surface area contributed by atoms with Crippen LogP contribution in [0.25, 0.3) is 0 Å². The number of aromatic nitrogens is 2. The van der Waals surface area contributed by atoms with Crippen molar-refractivity contribution in [3.8, 4) is 5.75 Å². The Labute approximate surface area is 126 Å². The van der Waals surface area contributed by atoms with Crippen LogP contribution >= 0.6 is 0 Å². The van der Waals surface area contributed by atoms with Crippen LogP contribution in [0.15, 0.2) is 30.6 Å². The van der Waals surface area contributed by atoms with Crippen molar-refractivity contribution in [1.82, 2.24) is 9.78 Å². The summed E-state index contributed by atoms with van der Waals surface area (Å²) in [5.74, 6) is 0.958. The minimum absolute atomic E-state index is 0.0661. The Balaban J connectivity index is 2.08. The first kappa shape index (κ1) is 15.4. The van der Waals surface area contributed by atoms with E-state index in [2.05, 4.69) is 51.0 Å². The summed E-state index contributed by atoms with van der Waals surface area (Å²) in [5, 5.41) is 4.16. The third-order valence-electron chi connectivity index (χ3n) is 3.49. The molecule has 0 spiro atoms. The quantitative estimate of drug-likeness (QED) is 0.917. The lowest BCUT2D eigenvalue weighted by atomic mass is 9.85. The van der Waals surface area contributed by atoms with E-state index in [1.165, 1.54) is 11.1 Å². The molecule has 0 amide bonds. The zero-order valence-corrected chi connectivity index (χ0v) is 13.4. The van der Waals surface area contributed by atoms with Gasteiger partial charge in [-0.05, 0) is 29.0 Å². The highest BCUT2D eigenvalue weighted by molar-refractivity contribution is 5.41. The predicted molar refractivity (Wildman–Crippen MR) is 86.7 cm³/mol. The molecule has 1 aromatic heterocycles. The molecule has 0 aliphatic rings. The number of nitrogen functional groups attached to an aromatic ring is 1. The number of rotatable bonds is 5. The summed E-state index contributed by atoms with van der Waals surface area (Å²) in [6, 6.07) is 6.47. The SMILES string of the molecule is CCc1ccc(OCCn2cc(N)cn2)c(C(C)(C)C)c1. The lowest BCUT2D eigenvalue weighted by molar-refractivity contribution is 0.284. The van der Waals surface area contributed by atoms with Crippen molar-refractivity contribution in [2.45, 2.75) is 46.1 Å². The molecule has 0 aliphatic heterocycles. The number of hydrogen-bond donors (Lipinski definition) is 1. The molecule has 4 heteroatoms. The Bertz CT molecular complexity index is 596. The smallest absolute Gasteiger partial charge is 0.123 e. The van der Waals surface area contributed by atoms with Gasteiger partial charge in [-0.2, -0.15) is 5.10 Å². The normalized spacial score (nSPS) is 11.6. The fraction of sp³-hybridized carbons (Fsp3) is 0.471. The largest absolute Gasteiger partial charge is 0.491 e. The first-order valence-electron chi connectivity index (χ1n) is 7.44. The van der Waals surface area contributed by atoms with Crippen LogP contribution in [0, 0.1) is 0 Å². The van der Waals surface area contributed by atoms with Gasteiger partial charge in [-0.25, -0.2) is 0 Å². The highest BCUT2D eigenvalue weighted by Gasteiger charge is 2.19. The molecule has 2 rings (SSSR count). The van der Waals surface area contributed by atoms with Crippen molar-refractivity contribution in [2.75, 3.05) is 12.3 Å². The van der Waals surface area contributed by atoms with Gasteiger partial charge in [0.2, 0.25) is 0 Å². The molecule has 114 valence electrons. The van der Waals surface area contributed by atoms with Gasteiger partial charge in [-0.15, -0.1) is 0 Å². The second-order valence-corrected chi connectivity index (χ2v) is 6.32. The lowest BCUT2D eigenvalue weighted by Gasteiger charge is -2.23. The van der Waals surface area contributed by atoms with Gasteiger partial charge in [0, 0.05) is 6.20 Å². The maximum atomic E-state index is 5.97. The minimum Gasteiger partial charge on any atom is -0.491 e. The molecule has 0 bridgehead atoms. The summed E-state index contributed by atoms with van der Waals surface area (Å²) < 4.78 is 7.77. The first-order valence-corrected chi connectivity index (χ1v) is 7.44. The van der Waals surface area contributed by atoms with Gasteiger partial charge in [0.15, 0.2) is 0 Å². The van der Waals surface area contributed by atoms with Crippen molar-refractivity contribution in [2.24, 2.45) is 0 Å². The number of benzene rings is 1. The Morgan fingerprint density at radius 3 is 2.62 bits per heavy atom. The van der Waals surface area contributed by atoms with Gasteiger partial charge >= 0.3 is 0 Å². The standard InChI is InChI=1S/C17H25N3O/c1-5-13-6-7-16(15(10-13)17(2,3)4)21-9-8-20-12-14(18)11-19-20/h6-7,10-12H,5,8-9,18H2,1-4H3. The highest BCUT2D eigenvalue weighted by Crippen LogP contribution is 2.32. The molecule has 2 N–H and O–H groups in total. The van der Waals surface area contributed by atoms with E-state index >= 15 is 0 Å². The molecular formula is C17H25N3O. The van der Waals surface area contributed by atoms with Crippen LogP contribution in [0.5, 0.6) is 5.75 Å². The molecular weight excluding hydrogens is 262 g/mol.